The molecule has 1 aromatic carbocycles. The Morgan fingerprint density at radius 3 is 2.74 bits per heavy atom. The molecule has 1 aliphatic rings. The number of benzene rings is 1. The molecule has 106 valence electrons. The van der Waals surface area contributed by atoms with Crippen LogP contribution in [-0.4, -0.2) is 31.7 Å². The summed E-state index contributed by atoms with van der Waals surface area (Å²) in [6, 6.07) is 10.2. The van der Waals surface area contributed by atoms with Crippen LogP contribution in [0.2, 0.25) is 0 Å². The molecule has 1 fully saturated rings. The Kier molecular flexibility index (Phi) is 4.43. The molecule has 2 rings (SSSR count). The average molecular weight is 263 g/mol. The van der Waals surface area contributed by atoms with Crippen LogP contribution in [0.15, 0.2) is 30.3 Å². The fourth-order valence-electron chi connectivity index (χ4n) is 2.90. The Balaban J connectivity index is 0.00000200. The van der Waals surface area contributed by atoms with E-state index in [1.54, 1.807) is 0 Å². The summed E-state index contributed by atoms with van der Waals surface area (Å²) in [6.07, 6.45) is 2.72. The first kappa shape index (κ1) is 13.9. The van der Waals surface area contributed by atoms with Gasteiger partial charge in [0, 0.05) is 7.11 Å². The molecule has 1 aromatic rings. The summed E-state index contributed by atoms with van der Waals surface area (Å²) in [5.74, 6) is 0.161. The minimum atomic E-state index is -0.404. The largest absolute Gasteiger partial charge is 0.339 e. The Morgan fingerprint density at radius 2 is 2.11 bits per heavy atom. The van der Waals surface area contributed by atoms with Crippen molar-refractivity contribution in [1.82, 2.24) is 10.6 Å². The third kappa shape index (κ3) is 2.59. The lowest BCUT2D eigenvalue weighted by atomic mass is 9.87. The van der Waals surface area contributed by atoms with Gasteiger partial charge in [-0.05, 0) is 38.6 Å². The zero-order valence-electron chi connectivity index (χ0n) is 11.8. The fourth-order valence-corrected chi connectivity index (χ4v) is 2.90. The maximum absolute atomic E-state index is 12.4. The summed E-state index contributed by atoms with van der Waals surface area (Å²) in [4.78, 5) is 14.6. The van der Waals surface area contributed by atoms with Crippen LogP contribution in [-0.2, 0) is 4.79 Å². The lowest BCUT2D eigenvalue weighted by Crippen LogP contribution is -2.50. The van der Waals surface area contributed by atoms with E-state index in [1.807, 2.05) is 25.2 Å². The summed E-state index contributed by atoms with van der Waals surface area (Å²) in [5.41, 5.74) is 0.712. The van der Waals surface area contributed by atoms with Crippen LogP contribution < -0.4 is 15.5 Å². The van der Waals surface area contributed by atoms with Crippen LogP contribution in [0.25, 0.3) is 0 Å². The molecule has 1 amide bonds. The number of carbonyl (C=O) groups excluding carboxylic acids is 1. The van der Waals surface area contributed by atoms with Gasteiger partial charge in [-0.3, -0.25) is 4.79 Å². The molecular formula is C15H25N3O. The molecule has 4 heteroatoms. The summed E-state index contributed by atoms with van der Waals surface area (Å²) in [7, 11) is 1.93. The van der Waals surface area contributed by atoms with E-state index in [0.717, 1.165) is 31.5 Å². The van der Waals surface area contributed by atoms with Gasteiger partial charge in [0.05, 0.1) is 6.67 Å². The van der Waals surface area contributed by atoms with Crippen molar-refractivity contribution in [1.29, 1.82) is 0 Å². The van der Waals surface area contributed by atoms with Crippen molar-refractivity contribution in [3.8, 4) is 0 Å². The second-order valence-electron chi connectivity index (χ2n) is 5.06. The molecule has 1 heterocycles. The van der Waals surface area contributed by atoms with Gasteiger partial charge in [-0.25, -0.2) is 0 Å². The molecule has 19 heavy (non-hydrogen) atoms. The first-order chi connectivity index (χ1) is 9.24. The highest BCUT2D eigenvalue weighted by Gasteiger charge is 2.47. The molecular weight excluding hydrogens is 238 g/mol. The number of anilines is 1. The lowest BCUT2D eigenvalue weighted by Gasteiger charge is -2.37. The van der Waals surface area contributed by atoms with E-state index in [0.29, 0.717) is 6.67 Å². The standard InChI is InChI=1S/C15H23N3O.H2/c1-3-9-15(10-11-16-2)14(19)17-12-18(15)13-7-5-4-6-8-13;/h4-8,16H,3,9-12H2,1-2H3,(H,17,19);1H. The van der Waals surface area contributed by atoms with Crippen LogP contribution in [0, 0.1) is 0 Å². The Labute approximate surface area is 116 Å². The molecule has 1 unspecified atom stereocenters. The van der Waals surface area contributed by atoms with Crippen molar-refractivity contribution < 1.29 is 6.22 Å². The molecule has 0 saturated carbocycles. The number of rotatable bonds is 6. The van der Waals surface area contributed by atoms with Crippen molar-refractivity contribution in [2.24, 2.45) is 0 Å². The van der Waals surface area contributed by atoms with Crippen LogP contribution in [0.5, 0.6) is 0 Å². The predicted octanol–water partition coefficient (Wildman–Crippen LogP) is 1.97. The molecule has 1 atom stereocenters. The zero-order valence-corrected chi connectivity index (χ0v) is 11.8. The molecule has 0 aliphatic carbocycles. The van der Waals surface area contributed by atoms with Gasteiger partial charge in [0.2, 0.25) is 5.91 Å². The zero-order chi connectivity index (χ0) is 13.7. The van der Waals surface area contributed by atoms with E-state index in [4.69, 9.17) is 0 Å². The summed E-state index contributed by atoms with van der Waals surface area (Å²) >= 11 is 0. The molecule has 2 N–H and O–H groups in total. The minimum absolute atomic E-state index is 0. The van der Waals surface area contributed by atoms with Crippen LogP contribution in [0.3, 0.4) is 0 Å². The molecule has 0 aromatic heterocycles. The van der Waals surface area contributed by atoms with E-state index in [9.17, 15) is 4.79 Å². The number of hydrogen-bond donors (Lipinski definition) is 2. The topological polar surface area (TPSA) is 44.4 Å². The highest BCUT2D eigenvalue weighted by molar-refractivity contribution is 5.93. The average Bonchev–Trinajstić information content (AvgIpc) is 2.76. The number of para-hydroxylation sites is 1. The number of nitrogens with zero attached hydrogens (tertiary/aromatic N) is 1. The molecule has 1 aliphatic heterocycles. The van der Waals surface area contributed by atoms with Crippen molar-refractivity contribution in [3.63, 3.8) is 0 Å². The van der Waals surface area contributed by atoms with Crippen LogP contribution in [0.4, 0.5) is 5.69 Å². The number of nitrogens with one attached hydrogen (secondary N) is 2. The van der Waals surface area contributed by atoms with E-state index < -0.39 is 5.54 Å². The van der Waals surface area contributed by atoms with Crippen molar-refractivity contribution in [2.45, 2.75) is 31.7 Å². The lowest BCUT2D eigenvalue weighted by molar-refractivity contribution is -0.124. The number of amides is 1. The predicted molar refractivity (Wildman–Crippen MR) is 80.2 cm³/mol. The second kappa shape index (κ2) is 6.06. The number of carbonyl (C=O) groups is 1. The van der Waals surface area contributed by atoms with Crippen molar-refractivity contribution >= 4 is 11.6 Å². The third-order valence-corrected chi connectivity index (χ3v) is 3.86. The van der Waals surface area contributed by atoms with Gasteiger partial charge in [-0.15, -0.1) is 0 Å². The third-order valence-electron chi connectivity index (χ3n) is 3.86. The fraction of sp³-hybridized carbons (Fsp3) is 0.533. The van der Waals surface area contributed by atoms with Crippen LogP contribution >= 0.6 is 0 Å². The Bertz CT molecular complexity index is 426. The first-order valence-corrected chi connectivity index (χ1v) is 7.00. The monoisotopic (exact) mass is 263 g/mol. The quantitative estimate of drug-likeness (QED) is 0.825. The normalized spacial score (nSPS) is 22.6. The molecule has 1 saturated heterocycles. The highest BCUT2D eigenvalue weighted by atomic mass is 16.2. The van der Waals surface area contributed by atoms with Crippen molar-refractivity contribution in [2.75, 3.05) is 25.2 Å². The minimum Gasteiger partial charge on any atom is -0.339 e. The van der Waals surface area contributed by atoms with E-state index in [2.05, 4.69) is 34.6 Å². The summed E-state index contributed by atoms with van der Waals surface area (Å²) < 4.78 is 0. The first-order valence-electron chi connectivity index (χ1n) is 7.00. The smallest absolute Gasteiger partial charge is 0.247 e. The van der Waals surface area contributed by atoms with Gasteiger partial charge < -0.3 is 15.5 Å². The van der Waals surface area contributed by atoms with Gasteiger partial charge >= 0.3 is 0 Å². The Hall–Kier alpha value is -1.55. The highest BCUT2D eigenvalue weighted by Crippen LogP contribution is 2.33. The summed E-state index contributed by atoms with van der Waals surface area (Å²) in [6.45, 7) is 3.58. The van der Waals surface area contributed by atoms with Crippen LogP contribution in [0.1, 0.15) is 27.6 Å². The second-order valence-corrected chi connectivity index (χ2v) is 5.06. The molecule has 0 spiro atoms. The van der Waals surface area contributed by atoms with Gasteiger partial charge in [0.15, 0.2) is 0 Å². The van der Waals surface area contributed by atoms with Gasteiger partial charge in [0.1, 0.15) is 5.54 Å². The molecule has 0 bridgehead atoms. The van der Waals surface area contributed by atoms with Gasteiger partial charge in [-0.2, -0.15) is 0 Å². The molecule has 4 nitrogen and oxygen atoms in total. The summed E-state index contributed by atoms with van der Waals surface area (Å²) in [5, 5.41) is 6.18. The Morgan fingerprint density at radius 1 is 1.37 bits per heavy atom. The van der Waals surface area contributed by atoms with E-state index in [1.165, 1.54) is 0 Å². The SMILES string of the molecule is CCCC1(CCNC)C(=O)NCN1c1ccccc1.[HH]. The van der Waals surface area contributed by atoms with Crippen molar-refractivity contribution in [3.05, 3.63) is 30.3 Å². The maximum Gasteiger partial charge on any atom is 0.247 e. The van der Waals surface area contributed by atoms with Gasteiger partial charge in [0.25, 0.3) is 0 Å². The van der Waals surface area contributed by atoms with Gasteiger partial charge in [-0.1, -0.05) is 31.5 Å². The van der Waals surface area contributed by atoms with E-state index in [-0.39, 0.29) is 7.33 Å². The maximum atomic E-state index is 12.4. The molecule has 0 radical (unpaired) electrons. The van der Waals surface area contributed by atoms with E-state index >= 15 is 0 Å². The number of hydrogen-bond acceptors (Lipinski definition) is 3.